The number of likely N-dealkylation sites (tertiary alicyclic amines) is 1. The van der Waals surface area contributed by atoms with E-state index in [0.29, 0.717) is 18.7 Å². The Morgan fingerprint density at radius 2 is 1.96 bits per heavy atom. The fraction of sp³-hybridized carbons (Fsp3) is 0.381. The third kappa shape index (κ3) is 5.14. The molecule has 0 saturated carbocycles. The number of hydrogen-bond acceptors (Lipinski definition) is 5. The molecule has 142 valence electrons. The zero-order chi connectivity index (χ0) is 19.1. The largest absolute Gasteiger partial charge is 0.468 e. The van der Waals surface area contributed by atoms with Crippen molar-refractivity contribution < 1.29 is 14.3 Å². The predicted molar refractivity (Wildman–Crippen MR) is 102 cm³/mol. The van der Waals surface area contributed by atoms with Gasteiger partial charge in [-0.3, -0.25) is 19.5 Å². The van der Waals surface area contributed by atoms with Crippen LogP contribution in [0.3, 0.4) is 0 Å². The molecule has 0 spiro atoms. The summed E-state index contributed by atoms with van der Waals surface area (Å²) in [6, 6.07) is 15.1. The summed E-state index contributed by atoms with van der Waals surface area (Å²) in [6.45, 7) is 1.41. The Hall–Kier alpha value is -2.73. The Bertz CT molecular complexity index is 752. The second-order valence-corrected chi connectivity index (χ2v) is 6.74. The molecule has 6 heteroatoms. The van der Waals surface area contributed by atoms with E-state index in [1.807, 2.05) is 18.2 Å². The topological polar surface area (TPSA) is 71.5 Å². The van der Waals surface area contributed by atoms with Crippen molar-refractivity contribution >= 4 is 11.9 Å². The molecule has 1 N–H and O–H groups in total. The number of aromatic nitrogens is 1. The summed E-state index contributed by atoms with van der Waals surface area (Å²) in [4.78, 5) is 30.7. The third-order valence-electron chi connectivity index (χ3n) is 4.86. The van der Waals surface area contributed by atoms with E-state index in [4.69, 9.17) is 4.74 Å². The molecule has 2 heterocycles. The summed E-state index contributed by atoms with van der Waals surface area (Å²) in [5.74, 6) is -0.459. The van der Waals surface area contributed by atoms with E-state index < -0.39 is 0 Å². The monoisotopic (exact) mass is 367 g/mol. The number of ether oxygens (including phenoxy) is 1. The minimum absolute atomic E-state index is 0.0969. The molecule has 3 rings (SSSR count). The Morgan fingerprint density at radius 1 is 1.19 bits per heavy atom. The summed E-state index contributed by atoms with van der Waals surface area (Å²) in [6.07, 6.45) is 4.04. The molecule has 1 aromatic carbocycles. The number of nitrogens with zero attached hydrogens (tertiary/aromatic N) is 2. The highest BCUT2D eigenvalue weighted by molar-refractivity contribution is 5.92. The minimum Gasteiger partial charge on any atom is -0.468 e. The van der Waals surface area contributed by atoms with Crippen LogP contribution < -0.4 is 5.32 Å². The maximum atomic E-state index is 12.3. The predicted octanol–water partition coefficient (Wildman–Crippen LogP) is 2.06. The molecule has 1 saturated heterocycles. The Morgan fingerprint density at radius 3 is 2.67 bits per heavy atom. The van der Waals surface area contributed by atoms with E-state index >= 15 is 0 Å². The summed E-state index contributed by atoms with van der Waals surface area (Å²) in [5, 5.41) is 2.99. The van der Waals surface area contributed by atoms with Gasteiger partial charge in [-0.1, -0.05) is 36.4 Å². The number of pyridine rings is 1. The van der Waals surface area contributed by atoms with Gasteiger partial charge in [-0.05, 0) is 43.5 Å². The van der Waals surface area contributed by atoms with Crippen molar-refractivity contribution in [2.45, 2.75) is 31.3 Å². The van der Waals surface area contributed by atoms with Crippen molar-refractivity contribution in [3.63, 3.8) is 0 Å². The van der Waals surface area contributed by atoms with Crippen LogP contribution in [0.1, 0.15) is 28.9 Å². The first-order chi connectivity index (χ1) is 13.2. The van der Waals surface area contributed by atoms with E-state index in [1.165, 1.54) is 12.7 Å². The van der Waals surface area contributed by atoms with Crippen molar-refractivity contribution in [3.05, 3.63) is 66.0 Å². The van der Waals surface area contributed by atoms with Crippen molar-refractivity contribution in [1.29, 1.82) is 0 Å². The second-order valence-electron chi connectivity index (χ2n) is 6.74. The van der Waals surface area contributed by atoms with E-state index in [9.17, 15) is 9.59 Å². The van der Waals surface area contributed by atoms with E-state index in [2.05, 4.69) is 27.3 Å². The lowest BCUT2D eigenvalue weighted by Crippen LogP contribution is -2.38. The molecule has 1 aliphatic heterocycles. The average molecular weight is 367 g/mol. The van der Waals surface area contributed by atoms with Gasteiger partial charge < -0.3 is 10.1 Å². The highest BCUT2D eigenvalue weighted by Crippen LogP contribution is 2.20. The van der Waals surface area contributed by atoms with E-state index in [0.717, 1.165) is 19.4 Å². The zero-order valence-corrected chi connectivity index (χ0v) is 15.5. The van der Waals surface area contributed by atoms with Gasteiger partial charge in [-0.25, -0.2) is 0 Å². The van der Waals surface area contributed by atoms with Gasteiger partial charge in [0.05, 0.1) is 7.11 Å². The molecule has 1 fully saturated rings. The summed E-state index contributed by atoms with van der Waals surface area (Å²) in [5.41, 5.74) is 1.67. The molecule has 2 atom stereocenters. The average Bonchev–Trinajstić information content (AvgIpc) is 3.11. The molecule has 0 radical (unpaired) electrons. The molecule has 1 aliphatic rings. The lowest BCUT2D eigenvalue weighted by atomic mass is 10.1. The molecule has 6 nitrogen and oxygen atoms in total. The summed E-state index contributed by atoms with van der Waals surface area (Å²) < 4.78 is 4.96. The van der Waals surface area contributed by atoms with Gasteiger partial charge in [0, 0.05) is 18.8 Å². The van der Waals surface area contributed by atoms with Gasteiger partial charge in [0.25, 0.3) is 5.91 Å². The fourth-order valence-corrected chi connectivity index (χ4v) is 3.52. The lowest BCUT2D eigenvalue weighted by Gasteiger charge is -2.22. The van der Waals surface area contributed by atoms with Gasteiger partial charge in [0.15, 0.2) is 0 Å². The van der Waals surface area contributed by atoms with Crippen LogP contribution in [0.4, 0.5) is 0 Å². The van der Waals surface area contributed by atoms with Gasteiger partial charge in [0.1, 0.15) is 11.7 Å². The van der Waals surface area contributed by atoms with Crippen LogP contribution in [0, 0.1) is 0 Å². The first kappa shape index (κ1) is 19.0. The highest BCUT2D eigenvalue weighted by atomic mass is 16.5. The minimum atomic E-state index is -0.320. The molecule has 2 aromatic rings. The number of aryl methyl sites for hydroxylation is 1. The van der Waals surface area contributed by atoms with Crippen molar-refractivity contribution in [1.82, 2.24) is 15.2 Å². The van der Waals surface area contributed by atoms with Gasteiger partial charge >= 0.3 is 5.97 Å². The van der Waals surface area contributed by atoms with Crippen molar-refractivity contribution in [2.75, 3.05) is 20.2 Å². The number of carbonyl (C=O) groups excluding carboxylic acids is 2. The van der Waals surface area contributed by atoms with E-state index in [1.54, 1.807) is 24.4 Å². The molecule has 0 unspecified atom stereocenters. The standard InChI is InChI=1S/C21H25N3O3/c1-27-21(26)19-14-17(23-20(25)18-11-5-6-12-22-18)15-24(19)13-7-10-16-8-3-2-4-9-16/h2-6,8-9,11-12,17,19H,7,10,13-15H2,1H3,(H,23,25)/t17-,19+/m1/s1. The fourth-order valence-electron chi connectivity index (χ4n) is 3.52. The molecule has 1 amide bonds. The number of amides is 1. The Labute approximate surface area is 159 Å². The van der Waals surface area contributed by atoms with Crippen molar-refractivity contribution in [2.24, 2.45) is 0 Å². The number of carbonyl (C=O) groups is 2. The Kier molecular flexibility index (Phi) is 6.54. The first-order valence-electron chi connectivity index (χ1n) is 9.25. The van der Waals surface area contributed by atoms with Crippen LogP contribution in [0.25, 0.3) is 0 Å². The van der Waals surface area contributed by atoms with Crippen LogP contribution in [0.15, 0.2) is 54.7 Å². The van der Waals surface area contributed by atoms with E-state index in [-0.39, 0.29) is 24.0 Å². The maximum Gasteiger partial charge on any atom is 0.323 e. The SMILES string of the molecule is COC(=O)[C@@H]1C[C@@H](NC(=O)c2ccccn2)CN1CCCc1ccccc1. The Balaban J connectivity index is 1.57. The summed E-state index contributed by atoms with van der Waals surface area (Å²) >= 11 is 0. The molecule has 27 heavy (non-hydrogen) atoms. The molecular formula is C21H25N3O3. The van der Waals surface area contributed by atoms with Crippen molar-refractivity contribution in [3.8, 4) is 0 Å². The van der Waals surface area contributed by atoms with Gasteiger partial charge in [-0.2, -0.15) is 0 Å². The number of nitrogens with one attached hydrogen (secondary N) is 1. The molecule has 0 aliphatic carbocycles. The van der Waals surface area contributed by atoms with Gasteiger partial charge in [0.2, 0.25) is 0 Å². The molecule has 0 bridgehead atoms. The van der Waals surface area contributed by atoms with Crippen LogP contribution >= 0.6 is 0 Å². The number of methoxy groups -OCH3 is 1. The number of hydrogen-bond donors (Lipinski definition) is 1. The van der Waals surface area contributed by atoms with Crippen LogP contribution in [0.2, 0.25) is 0 Å². The number of benzene rings is 1. The molecule has 1 aromatic heterocycles. The first-order valence-corrected chi connectivity index (χ1v) is 9.25. The van der Waals surface area contributed by atoms with Crippen LogP contribution in [0.5, 0.6) is 0 Å². The maximum absolute atomic E-state index is 12.3. The third-order valence-corrected chi connectivity index (χ3v) is 4.86. The van der Waals surface area contributed by atoms with Crippen LogP contribution in [-0.4, -0.2) is 54.0 Å². The zero-order valence-electron chi connectivity index (χ0n) is 15.5. The quantitative estimate of drug-likeness (QED) is 0.759. The number of rotatable bonds is 7. The second kappa shape index (κ2) is 9.28. The smallest absolute Gasteiger partial charge is 0.323 e. The number of esters is 1. The normalized spacial score (nSPS) is 19.6. The molecular weight excluding hydrogens is 342 g/mol. The lowest BCUT2D eigenvalue weighted by molar-refractivity contribution is -0.145. The van der Waals surface area contributed by atoms with Crippen LogP contribution in [-0.2, 0) is 16.0 Å². The summed E-state index contributed by atoms with van der Waals surface area (Å²) in [7, 11) is 1.41. The van der Waals surface area contributed by atoms with Gasteiger partial charge in [-0.15, -0.1) is 0 Å². The highest BCUT2D eigenvalue weighted by Gasteiger charge is 2.37.